The molecule has 2 N–H and O–H groups in total. The fourth-order valence-corrected chi connectivity index (χ4v) is 1.60. The molecule has 0 amide bonds. The molecule has 6 heteroatoms. The van der Waals surface area contributed by atoms with Crippen molar-refractivity contribution in [2.24, 2.45) is 0 Å². The maximum atomic E-state index is 9.27. The van der Waals surface area contributed by atoms with Crippen LogP contribution < -0.4 is 5.32 Å². The van der Waals surface area contributed by atoms with Gasteiger partial charge in [0.1, 0.15) is 5.75 Å². The molecule has 0 saturated heterocycles. The summed E-state index contributed by atoms with van der Waals surface area (Å²) in [5.74, 6) is 1.26. The predicted molar refractivity (Wildman–Crippen MR) is 62.7 cm³/mol. The number of aryl methyl sites for hydroxylation is 1. The summed E-state index contributed by atoms with van der Waals surface area (Å²) in [6.45, 7) is 2.89. The fourth-order valence-electron chi connectivity index (χ4n) is 1.39. The number of nitrogens with zero attached hydrogens (tertiary/aromatic N) is 2. The smallest absolute Gasteiger partial charge is 0.223 e. The third-order valence-electron chi connectivity index (χ3n) is 2.19. The Morgan fingerprint density at radius 3 is 2.88 bits per heavy atom. The summed E-state index contributed by atoms with van der Waals surface area (Å²) in [6.07, 6.45) is 0. The molecule has 5 nitrogen and oxygen atoms in total. The normalized spacial score (nSPS) is 10.7. The molecule has 0 spiro atoms. The summed E-state index contributed by atoms with van der Waals surface area (Å²) >= 11 is 5.80. The average Bonchev–Trinajstić information content (AvgIpc) is 2.70. The Kier molecular flexibility index (Phi) is 3.61. The van der Waals surface area contributed by atoms with Gasteiger partial charge in [0.05, 0.1) is 11.6 Å². The lowest BCUT2D eigenvalue weighted by Crippen LogP contribution is -2.13. The van der Waals surface area contributed by atoms with Crippen LogP contribution >= 0.6 is 11.6 Å². The van der Waals surface area contributed by atoms with Gasteiger partial charge in [0.15, 0.2) is 5.82 Å². The Labute approximate surface area is 103 Å². The Morgan fingerprint density at radius 1 is 1.41 bits per heavy atom. The predicted octanol–water partition coefficient (Wildman–Crippen LogP) is 2.03. The van der Waals surface area contributed by atoms with E-state index in [9.17, 15) is 5.11 Å². The summed E-state index contributed by atoms with van der Waals surface area (Å²) < 4.78 is 4.85. The molecule has 0 aliphatic heterocycles. The number of hydrogen-bond donors (Lipinski definition) is 2. The van der Waals surface area contributed by atoms with Crippen LogP contribution in [0.3, 0.4) is 0 Å². The molecule has 0 unspecified atom stereocenters. The minimum atomic E-state index is 0.0872. The number of hydrogen-bond acceptors (Lipinski definition) is 5. The topological polar surface area (TPSA) is 71.2 Å². The van der Waals surface area contributed by atoms with Crippen molar-refractivity contribution in [2.45, 2.75) is 20.0 Å². The van der Waals surface area contributed by atoms with Gasteiger partial charge in [-0.25, -0.2) is 0 Å². The van der Waals surface area contributed by atoms with Crippen molar-refractivity contribution in [1.29, 1.82) is 0 Å². The van der Waals surface area contributed by atoms with E-state index in [0.29, 0.717) is 29.8 Å². The lowest BCUT2D eigenvalue weighted by molar-refractivity contribution is 0.385. The van der Waals surface area contributed by atoms with Gasteiger partial charge in [0.2, 0.25) is 5.89 Å². The molecule has 0 saturated carbocycles. The molecule has 0 aliphatic carbocycles. The van der Waals surface area contributed by atoms with Crippen molar-refractivity contribution >= 4 is 11.6 Å². The van der Waals surface area contributed by atoms with E-state index >= 15 is 0 Å². The van der Waals surface area contributed by atoms with Crippen LogP contribution in [-0.2, 0) is 13.1 Å². The molecular weight excluding hydrogens is 242 g/mol. The molecule has 0 atom stereocenters. The number of rotatable bonds is 4. The number of nitrogens with one attached hydrogen (secondary N) is 1. The van der Waals surface area contributed by atoms with Crippen LogP contribution in [0.1, 0.15) is 17.3 Å². The molecule has 0 fully saturated rings. The lowest BCUT2D eigenvalue weighted by Gasteiger charge is -2.03. The molecule has 2 aromatic rings. The number of phenolic OH excluding ortho intramolecular Hbond substituents is 1. The van der Waals surface area contributed by atoms with E-state index in [2.05, 4.69) is 15.5 Å². The van der Waals surface area contributed by atoms with E-state index in [4.69, 9.17) is 16.1 Å². The minimum Gasteiger partial charge on any atom is -0.506 e. The third-order valence-corrected chi connectivity index (χ3v) is 2.50. The van der Waals surface area contributed by atoms with Crippen molar-refractivity contribution in [3.05, 3.63) is 40.5 Å². The van der Waals surface area contributed by atoms with Crippen molar-refractivity contribution in [3.8, 4) is 5.75 Å². The van der Waals surface area contributed by atoms with Gasteiger partial charge in [-0.15, -0.1) is 0 Å². The van der Waals surface area contributed by atoms with Crippen molar-refractivity contribution in [3.63, 3.8) is 0 Å². The van der Waals surface area contributed by atoms with Crippen molar-refractivity contribution in [1.82, 2.24) is 15.5 Å². The standard InChI is InChI=1S/C11H12ClN3O2/c1-7-14-11(15-17-7)6-13-5-8-2-3-10(16)9(12)4-8/h2-4,13,16H,5-6H2,1H3. The van der Waals surface area contributed by atoms with Gasteiger partial charge >= 0.3 is 0 Å². The Bertz CT molecular complexity index is 513. The second-order valence-corrected chi connectivity index (χ2v) is 4.03. The monoisotopic (exact) mass is 253 g/mol. The lowest BCUT2D eigenvalue weighted by atomic mass is 10.2. The molecular formula is C11H12ClN3O2. The van der Waals surface area contributed by atoms with Gasteiger partial charge in [0, 0.05) is 13.5 Å². The molecule has 0 radical (unpaired) electrons. The quantitative estimate of drug-likeness (QED) is 0.872. The van der Waals surface area contributed by atoms with Crippen molar-refractivity contribution < 1.29 is 9.63 Å². The van der Waals surface area contributed by atoms with E-state index in [1.165, 1.54) is 0 Å². The van der Waals surface area contributed by atoms with Crippen LogP contribution in [0.15, 0.2) is 22.7 Å². The van der Waals surface area contributed by atoms with E-state index in [1.807, 2.05) is 0 Å². The SMILES string of the molecule is Cc1nc(CNCc2ccc(O)c(Cl)c2)no1. The summed E-state index contributed by atoms with van der Waals surface area (Å²) in [4.78, 5) is 4.07. The van der Waals surface area contributed by atoms with E-state index in [0.717, 1.165) is 5.56 Å². The number of aromatic nitrogens is 2. The summed E-state index contributed by atoms with van der Waals surface area (Å²) in [5.41, 5.74) is 0.980. The zero-order valence-electron chi connectivity index (χ0n) is 9.27. The first kappa shape index (κ1) is 11.9. The first-order chi connectivity index (χ1) is 8.15. The van der Waals surface area contributed by atoms with Gasteiger partial charge in [-0.2, -0.15) is 4.98 Å². The van der Waals surface area contributed by atoms with E-state index in [-0.39, 0.29) is 5.75 Å². The molecule has 0 aliphatic rings. The van der Waals surface area contributed by atoms with Gasteiger partial charge < -0.3 is 14.9 Å². The van der Waals surface area contributed by atoms with Gasteiger partial charge in [-0.3, -0.25) is 0 Å². The van der Waals surface area contributed by atoms with Crippen LogP contribution in [0.5, 0.6) is 5.75 Å². The van der Waals surface area contributed by atoms with Gasteiger partial charge in [-0.05, 0) is 17.7 Å². The maximum absolute atomic E-state index is 9.27. The number of phenols is 1. The van der Waals surface area contributed by atoms with Crippen LogP contribution in [0.25, 0.3) is 0 Å². The maximum Gasteiger partial charge on any atom is 0.223 e. The summed E-state index contributed by atoms with van der Waals surface area (Å²) in [5, 5.41) is 16.5. The third kappa shape index (κ3) is 3.18. The molecule has 17 heavy (non-hydrogen) atoms. The van der Waals surface area contributed by atoms with Crippen LogP contribution in [0.4, 0.5) is 0 Å². The highest BCUT2D eigenvalue weighted by molar-refractivity contribution is 6.32. The Morgan fingerprint density at radius 2 is 2.24 bits per heavy atom. The molecule has 1 aromatic carbocycles. The van der Waals surface area contributed by atoms with Crippen LogP contribution in [0.2, 0.25) is 5.02 Å². The van der Waals surface area contributed by atoms with Gasteiger partial charge in [0.25, 0.3) is 0 Å². The zero-order chi connectivity index (χ0) is 12.3. The molecule has 1 aromatic heterocycles. The minimum absolute atomic E-state index is 0.0872. The van der Waals surface area contributed by atoms with Crippen LogP contribution in [-0.4, -0.2) is 15.2 Å². The van der Waals surface area contributed by atoms with Gasteiger partial charge in [-0.1, -0.05) is 22.8 Å². The summed E-state index contributed by atoms with van der Waals surface area (Å²) in [6, 6.07) is 5.08. The highest BCUT2D eigenvalue weighted by Gasteiger charge is 2.03. The number of benzene rings is 1. The Hall–Kier alpha value is -1.59. The fraction of sp³-hybridized carbons (Fsp3) is 0.273. The number of aromatic hydroxyl groups is 1. The number of halogens is 1. The van der Waals surface area contributed by atoms with E-state index < -0.39 is 0 Å². The zero-order valence-corrected chi connectivity index (χ0v) is 10.0. The molecule has 0 bridgehead atoms. The molecule has 2 rings (SSSR count). The first-order valence-electron chi connectivity index (χ1n) is 5.12. The van der Waals surface area contributed by atoms with Crippen LogP contribution in [0, 0.1) is 6.92 Å². The first-order valence-corrected chi connectivity index (χ1v) is 5.50. The highest BCUT2D eigenvalue weighted by atomic mass is 35.5. The summed E-state index contributed by atoms with van der Waals surface area (Å²) in [7, 11) is 0. The second-order valence-electron chi connectivity index (χ2n) is 3.62. The molecule has 90 valence electrons. The second kappa shape index (κ2) is 5.16. The largest absolute Gasteiger partial charge is 0.506 e. The Balaban J connectivity index is 1.87. The van der Waals surface area contributed by atoms with Crippen molar-refractivity contribution in [2.75, 3.05) is 0 Å². The molecule has 1 heterocycles. The average molecular weight is 254 g/mol. The highest BCUT2D eigenvalue weighted by Crippen LogP contribution is 2.23. The van der Waals surface area contributed by atoms with E-state index in [1.54, 1.807) is 25.1 Å².